The van der Waals surface area contributed by atoms with Crippen LogP contribution >= 0.6 is 12.4 Å². The molecule has 1 fully saturated rings. The van der Waals surface area contributed by atoms with E-state index in [9.17, 15) is 13.2 Å². The van der Waals surface area contributed by atoms with E-state index in [4.69, 9.17) is 5.73 Å². The molecule has 8 heteroatoms. The van der Waals surface area contributed by atoms with Crippen LogP contribution in [-0.2, 0) is 21.2 Å². The molecule has 2 atom stereocenters. The Kier molecular flexibility index (Phi) is 5.35. The van der Waals surface area contributed by atoms with Crippen LogP contribution in [0.4, 0.5) is 5.69 Å². The number of nitrogens with one attached hydrogen (secondary N) is 1. The van der Waals surface area contributed by atoms with Crippen molar-refractivity contribution in [1.82, 2.24) is 4.72 Å². The number of fused-ring (bicyclic) bond motifs is 1. The van der Waals surface area contributed by atoms with Crippen LogP contribution in [-0.4, -0.2) is 34.0 Å². The molecule has 1 aromatic carbocycles. The van der Waals surface area contributed by atoms with Gasteiger partial charge in [0.2, 0.25) is 15.9 Å². The lowest BCUT2D eigenvalue weighted by atomic mass is 10.1. The minimum absolute atomic E-state index is 0. The fraction of sp³-hybridized carbons (Fsp3) is 0.533. The first-order valence-electron chi connectivity index (χ1n) is 7.56. The number of amides is 1. The Balaban J connectivity index is 0.00000192. The number of sulfonamides is 1. The Bertz CT molecular complexity index is 708. The maximum Gasteiger partial charge on any atom is 0.240 e. The highest BCUT2D eigenvalue weighted by molar-refractivity contribution is 7.89. The van der Waals surface area contributed by atoms with Crippen molar-refractivity contribution in [3.8, 4) is 0 Å². The summed E-state index contributed by atoms with van der Waals surface area (Å²) in [5.74, 6) is 0.123. The number of halogens is 1. The number of nitrogens with two attached hydrogens (primary N) is 1. The van der Waals surface area contributed by atoms with Crippen LogP contribution in [0.2, 0.25) is 0 Å². The van der Waals surface area contributed by atoms with Crippen molar-refractivity contribution in [2.75, 3.05) is 18.5 Å². The summed E-state index contributed by atoms with van der Waals surface area (Å²) in [5, 5.41) is 0. The first kappa shape index (κ1) is 18.2. The molecule has 1 aromatic rings. The zero-order valence-electron chi connectivity index (χ0n) is 13.0. The van der Waals surface area contributed by atoms with E-state index in [1.54, 1.807) is 23.1 Å². The molecule has 1 amide bonds. The van der Waals surface area contributed by atoms with Gasteiger partial charge in [0.15, 0.2) is 0 Å². The molecule has 128 valence electrons. The van der Waals surface area contributed by atoms with Gasteiger partial charge >= 0.3 is 0 Å². The number of rotatable bonds is 3. The van der Waals surface area contributed by atoms with E-state index in [2.05, 4.69) is 4.72 Å². The Morgan fingerprint density at radius 3 is 2.70 bits per heavy atom. The number of hydrogen-bond donors (Lipinski definition) is 2. The average Bonchev–Trinajstić information content (AvgIpc) is 3.12. The topological polar surface area (TPSA) is 92.5 Å². The fourth-order valence-electron chi connectivity index (χ4n) is 3.35. The fourth-order valence-corrected chi connectivity index (χ4v) is 4.13. The third-order valence-corrected chi connectivity index (χ3v) is 6.03. The highest BCUT2D eigenvalue weighted by Gasteiger charge is 2.34. The Hall–Kier alpha value is -1.15. The van der Waals surface area contributed by atoms with Crippen molar-refractivity contribution in [3.05, 3.63) is 23.8 Å². The Morgan fingerprint density at radius 2 is 2.09 bits per heavy atom. The maximum absolute atomic E-state index is 12.6. The van der Waals surface area contributed by atoms with Crippen molar-refractivity contribution in [1.29, 1.82) is 0 Å². The molecule has 0 bridgehead atoms. The maximum atomic E-state index is 12.6. The van der Waals surface area contributed by atoms with Crippen LogP contribution in [0.3, 0.4) is 0 Å². The quantitative estimate of drug-likeness (QED) is 0.843. The van der Waals surface area contributed by atoms with E-state index in [0.717, 1.165) is 30.5 Å². The standard InChI is InChI=1S/C15H21N3O3S.ClH/c1-17-22(20,21)13-4-5-14-10(9-13)6-7-18(14)15(19)11-2-3-12(16)8-11;/h4-5,9,11-12,17H,2-3,6-8,16H2,1H3;1H. The molecule has 23 heavy (non-hydrogen) atoms. The molecule has 6 nitrogen and oxygen atoms in total. The Labute approximate surface area is 142 Å². The summed E-state index contributed by atoms with van der Waals surface area (Å²) in [6, 6.07) is 5.07. The van der Waals surface area contributed by atoms with E-state index >= 15 is 0 Å². The zero-order chi connectivity index (χ0) is 15.9. The van der Waals surface area contributed by atoms with Gasteiger partial charge in [-0.2, -0.15) is 0 Å². The lowest BCUT2D eigenvalue weighted by Gasteiger charge is -2.21. The molecule has 3 rings (SSSR count). The molecule has 0 saturated heterocycles. The molecular formula is C15H22ClN3O3S. The predicted molar refractivity (Wildman–Crippen MR) is 91.3 cm³/mol. The largest absolute Gasteiger partial charge is 0.328 e. The minimum Gasteiger partial charge on any atom is -0.328 e. The smallest absolute Gasteiger partial charge is 0.240 e. The number of carbonyl (C=O) groups is 1. The molecular weight excluding hydrogens is 338 g/mol. The SMILES string of the molecule is CNS(=O)(=O)c1ccc2c(c1)CCN2C(=O)C1CCC(N)C1.Cl. The van der Waals surface area contributed by atoms with Crippen LogP contribution in [0.25, 0.3) is 0 Å². The van der Waals surface area contributed by atoms with Gasteiger partial charge in [-0.15, -0.1) is 12.4 Å². The van der Waals surface area contributed by atoms with E-state index in [0.29, 0.717) is 13.0 Å². The summed E-state index contributed by atoms with van der Waals surface area (Å²) in [5.41, 5.74) is 7.64. The van der Waals surface area contributed by atoms with E-state index < -0.39 is 10.0 Å². The number of nitrogens with zero attached hydrogens (tertiary/aromatic N) is 1. The average molecular weight is 360 g/mol. The zero-order valence-corrected chi connectivity index (χ0v) is 14.6. The van der Waals surface area contributed by atoms with Crippen LogP contribution in [0.5, 0.6) is 0 Å². The number of carbonyl (C=O) groups excluding carboxylic acids is 1. The van der Waals surface area contributed by atoms with Gasteiger partial charge in [-0.3, -0.25) is 4.79 Å². The number of hydrogen-bond acceptors (Lipinski definition) is 4. The second-order valence-corrected chi connectivity index (χ2v) is 7.89. The molecule has 3 N–H and O–H groups in total. The highest BCUT2D eigenvalue weighted by Crippen LogP contribution is 2.34. The molecule has 2 aliphatic rings. The van der Waals surface area contributed by atoms with Crippen molar-refractivity contribution in [2.45, 2.75) is 36.6 Å². The van der Waals surface area contributed by atoms with Crippen molar-refractivity contribution < 1.29 is 13.2 Å². The van der Waals surface area contributed by atoms with Gasteiger partial charge in [0, 0.05) is 24.2 Å². The first-order chi connectivity index (χ1) is 10.4. The molecule has 0 radical (unpaired) electrons. The molecule has 1 aliphatic heterocycles. The van der Waals surface area contributed by atoms with Gasteiger partial charge in [-0.05, 0) is 56.5 Å². The third-order valence-electron chi connectivity index (χ3n) is 4.61. The van der Waals surface area contributed by atoms with Crippen molar-refractivity contribution >= 4 is 34.0 Å². The van der Waals surface area contributed by atoms with Crippen molar-refractivity contribution in [2.24, 2.45) is 11.7 Å². The highest BCUT2D eigenvalue weighted by atomic mass is 35.5. The van der Waals surface area contributed by atoms with Crippen LogP contribution in [0, 0.1) is 5.92 Å². The summed E-state index contributed by atoms with van der Waals surface area (Å²) in [6.45, 7) is 0.614. The first-order valence-corrected chi connectivity index (χ1v) is 9.04. The summed E-state index contributed by atoms with van der Waals surface area (Å²) in [6.07, 6.45) is 3.18. The normalized spacial score (nSPS) is 23.5. The van der Waals surface area contributed by atoms with Gasteiger partial charge in [0.1, 0.15) is 0 Å². The number of anilines is 1. The molecule has 1 saturated carbocycles. The molecule has 1 aliphatic carbocycles. The van der Waals surface area contributed by atoms with Crippen LogP contribution in [0.15, 0.2) is 23.1 Å². The van der Waals surface area contributed by atoms with Gasteiger partial charge in [0.05, 0.1) is 4.90 Å². The van der Waals surface area contributed by atoms with Crippen molar-refractivity contribution in [3.63, 3.8) is 0 Å². The third kappa shape index (κ3) is 3.38. The lowest BCUT2D eigenvalue weighted by molar-refractivity contribution is -0.122. The molecule has 0 spiro atoms. The van der Waals surface area contributed by atoms with Gasteiger partial charge in [-0.25, -0.2) is 13.1 Å². The van der Waals surface area contributed by atoms with E-state index in [-0.39, 0.29) is 35.2 Å². The summed E-state index contributed by atoms with van der Waals surface area (Å²) >= 11 is 0. The van der Waals surface area contributed by atoms with Gasteiger partial charge in [-0.1, -0.05) is 0 Å². The van der Waals surface area contributed by atoms with Gasteiger partial charge in [0.25, 0.3) is 0 Å². The second kappa shape index (κ2) is 6.76. The monoisotopic (exact) mass is 359 g/mol. The van der Waals surface area contributed by atoms with E-state index in [1.807, 2.05) is 0 Å². The van der Waals surface area contributed by atoms with Gasteiger partial charge < -0.3 is 10.6 Å². The van der Waals surface area contributed by atoms with Crippen LogP contribution < -0.4 is 15.4 Å². The molecule has 1 heterocycles. The molecule has 2 unspecified atom stereocenters. The minimum atomic E-state index is -3.45. The lowest BCUT2D eigenvalue weighted by Crippen LogP contribution is -2.34. The van der Waals surface area contributed by atoms with Crippen LogP contribution in [0.1, 0.15) is 24.8 Å². The summed E-state index contributed by atoms with van der Waals surface area (Å²) < 4.78 is 26.0. The second-order valence-electron chi connectivity index (χ2n) is 6.01. The van der Waals surface area contributed by atoms with E-state index in [1.165, 1.54) is 7.05 Å². The predicted octanol–water partition coefficient (Wildman–Crippen LogP) is 1.03. The molecule has 0 aromatic heterocycles. The Morgan fingerprint density at radius 1 is 1.35 bits per heavy atom. The summed E-state index contributed by atoms with van der Waals surface area (Å²) in [4.78, 5) is 14.7. The summed E-state index contributed by atoms with van der Waals surface area (Å²) in [7, 11) is -2.06. The number of benzene rings is 1.